The van der Waals surface area contributed by atoms with E-state index in [0.29, 0.717) is 17.9 Å². The number of nitrogens with two attached hydrogens (primary N) is 1. The van der Waals surface area contributed by atoms with Crippen LogP contribution in [0.5, 0.6) is 0 Å². The Morgan fingerprint density at radius 3 is 2.61 bits per heavy atom. The highest BCUT2D eigenvalue weighted by atomic mass is 15.0. The van der Waals surface area contributed by atoms with Crippen LogP contribution in [-0.4, -0.2) is 4.57 Å². The largest absolute Gasteiger partial charge is 0.385 e. The minimum atomic E-state index is 0.648. The molecule has 0 bridgehead atoms. The van der Waals surface area contributed by atoms with Crippen LogP contribution in [0.25, 0.3) is 21.7 Å². The molecule has 4 rings (SSSR count). The van der Waals surface area contributed by atoms with Crippen LogP contribution in [0.15, 0.2) is 66.7 Å². The molecule has 23 heavy (non-hydrogen) atoms. The quantitative estimate of drug-likeness (QED) is 0.600. The van der Waals surface area contributed by atoms with Crippen molar-refractivity contribution in [1.82, 2.24) is 4.57 Å². The van der Waals surface area contributed by atoms with Crippen molar-refractivity contribution in [1.29, 1.82) is 5.26 Å². The zero-order valence-corrected chi connectivity index (χ0v) is 12.5. The second-order valence-electron chi connectivity index (χ2n) is 5.68. The number of anilines is 1. The number of hydrogen-bond donors (Lipinski definition) is 1. The fourth-order valence-corrected chi connectivity index (χ4v) is 3.12. The SMILES string of the molecule is N#Cc1ccc2cc(N)n(Cc3cccc4ccccc34)c2c1. The number of hydrogen-bond acceptors (Lipinski definition) is 2. The minimum Gasteiger partial charge on any atom is -0.385 e. The maximum Gasteiger partial charge on any atom is 0.104 e. The summed E-state index contributed by atoms with van der Waals surface area (Å²) in [6.07, 6.45) is 0. The van der Waals surface area contributed by atoms with Crippen LogP contribution in [-0.2, 0) is 6.54 Å². The fourth-order valence-electron chi connectivity index (χ4n) is 3.12. The maximum atomic E-state index is 9.14. The molecule has 4 aromatic rings. The van der Waals surface area contributed by atoms with Crippen LogP contribution in [0.2, 0.25) is 0 Å². The third kappa shape index (κ3) is 2.21. The van der Waals surface area contributed by atoms with Crippen molar-refractivity contribution in [3.05, 3.63) is 77.9 Å². The van der Waals surface area contributed by atoms with E-state index in [0.717, 1.165) is 10.9 Å². The van der Waals surface area contributed by atoms with E-state index in [1.54, 1.807) is 0 Å². The van der Waals surface area contributed by atoms with Crippen molar-refractivity contribution >= 4 is 27.5 Å². The molecule has 0 spiro atoms. The van der Waals surface area contributed by atoms with E-state index in [4.69, 9.17) is 11.0 Å². The second kappa shape index (κ2) is 5.19. The van der Waals surface area contributed by atoms with E-state index in [1.165, 1.54) is 16.3 Å². The highest BCUT2D eigenvalue weighted by Crippen LogP contribution is 2.26. The Bertz CT molecular complexity index is 1060. The fraction of sp³-hybridized carbons (Fsp3) is 0.0500. The van der Waals surface area contributed by atoms with Crippen molar-refractivity contribution in [3.63, 3.8) is 0 Å². The number of benzene rings is 3. The van der Waals surface area contributed by atoms with Gasteiger partial charge in [0.25, 0.3) is 0 Å². The molecule has 0 aliphatic carbocycles. The molecule has 0 saturated heterocycles. The van der Waals surface area contributed by atoms with E-state index >= 15 is 0 Å². The Morgan fingerprint density at radius 1 is 0.913 bits per heavy atom. The number of rotatable bonds is 2. The van der Waals surface area contributed by atoms with E-state index < -0.39 is 0 Å². The molecule has 3 nitrogen and oxygen atoms in total. The molecule has 3 aromatic carbocycles. The summed E-state index contributed by atoms with van der Waals surface area (Å²) in [6, 6.07) is 24.5. The lowest BCUT2D eigenvalue weighted by molar-refractivity contribution is 0.854. The van der Waals surface area contributed by atoms with Crippen LogP contribution in [0, 0.1) is 11.3 Å². The summed E-state index contributed by atoms with van der Waals surface area (Å²) in [6.45, 7) is 0.686. The van der Waals surface area contributed by atoms with Crippen molar-refractivity contribution in [3.8, 4) is 6.07 Å². The predicted molar refractivity (Wildman–Crippen MR) is 94.1 cm³/mol. The number of nitrogens with zero attached hydrogens (tertiary/aromatic N) is 2. The predicted octanol–water partition coefficient (Wildman–Crippen LogP) is 4.30. The van der Waals surface area contributed by atoms with Gasteiger partial charge in [-0.05, 0) is 34.5 Å². The molecule has 1 heterocycles. The summed E-state index contributed by atoms with van der Waals surface area (Å²) < 4.78 is 2.07. The normalized spacial score (nSPS) is 10.9. The van der Waals surface area contributed by atoms with Gasteiger partial charge in [-0.15, -0.1) is 0 Å². The van der Waals surface area contributed by atoms with Gasteiger partial charge < -0.3 is 10.3 Å². The molecular weight excluding hydrogens is 282 g/mol. The number of fused-ring (bicyclic) bond motifs is 2. The van der Waals surface area contributed by atoms with Crippen LogP contribution >= 0.6 is 0 Å². The second-order valence-corrected chi connectivity index (χ2v) is 5.68. The molecule has 110 valence electrons. The molecule has 3 heteroatoms. The molecule has 0 saturated carbocycles. The van der Waals surface area contributed by atoms with Gasteiger partial charge in [0, 0.05) is 5.39 Å². The first kappa shape index (κ1) is 13.4. The molecule has 0 unspecified atom stereocenters. The molecule has 1 aromatic heterocycles. The number of nitriles is 1. The van der Waals surface area contributed by atoms with Gasteiger partial charge in [-0.2, -0.15) is 5.26 Å². The molecule has 0 atom stereocenters. The summed E-state index contributed by atoms with van der Waals surface area (Å²) in [4.78, 5) is 0. The zero-order chi connectivity index (χ0) is 15.8. The van der Waals surface area contributed by atoms with Gasteiger partial charge in [0.05, 0.1) is 23.7 Å². The van der Waals surface area contributed by atoms with E-state index in [9.17, 15) is 0 Å². The molecule has 0 fully saturated rings. The van der Waals surface area contributed by atoms with Crippen LogP contribution in [0.3, 0.4) is 0 Å². The molecule has 2 N–H and O–H groups in total. The standard InChI is InChI=1S/C20H15N3/c21-12-14-8-9-16-11-20(22)23(19(16)10-14)13-17-6-3-5-15-4-1-2-7-18(15)17/h1-11H,13,22H2. The van der Waals surface area contributed by atoms with Crippen molar-refractivity contribution in [2.24, 2.45) is 0 Å². The van der Waals surface area contributed by atoms with Gasteiger partial charge in [-0.25, -0.2) is 0 Å². The summed E-state index contributed by atoms with van der Waals surface area (Å²) in [5, 5.41) is 12.6. The van der Waals surface area contributed by atoms with Gasteiger partial charge >= 0.3 is 0 Å². The van der Waals surface area contributed by atoms with Crippen molar-refractivity contribution < 1.29 is 0 Å². The lowest BCUT2D eigenvalue weighted by atomic mass is 10.0. The van der Waals surface area contributed by atoms with E-state index in [-0.39, 0.29) is 0 Å². The van der Waals surface area contributed by atoms with Gasteiger partial charge in [-0.3, -0.25) is 0 Å². The van der Waals surface area contributed by atoms with Crippen LogP contribution < -0.4 is 5.73 Å². The molecule has 0 radical (unpaired) electrons. The monoisotopic (exact) mass is 297 g/mol. The lowest BCUT2D eigenvalue weighted by Gasteiger charge is -2.11. The summed E-state index contributed by atoms with van der Waals surface area (Å²) in [5.74, 6) is 0.711. The molecule has 0 aliphatic heterocycles. The average molecular weight is 297 g/mol. The molecule has 0 aliphatic rings. The Balaban J connectivity index is 1.89. The Labute approximate surface area is 134 Å². The van der Waals surface area contributed by atoms with E-state index in [2.05, 4.69) is 47.0 Å². The van der Waals surface area contributed by atoms with Crippen LogP contribution in [0.1, 0.15) is 11.1 Å². The first-order valence-electron chi connectivity index (χ1n) is 7.52. The summed E-state index contributed by atoms with van der Waals surface area (Å²) in [5.41, 5.74) is 9.08. The van der Waals surface area contributed by atoms with Crippen molar-refractivity contribution in [2.45, 2.75) is 6.54 Å². The van der Waals surface area contributed by atoms with Gasteiger partial charge in [0.2, 0.25) is 0 Å². The topological polar surface area (TPSA) is 54.7 Å². The Hall–Kier alpha value is -3.25. The smallest absolute Gasteiger partial charge is 0.104 e. The van der Waals surface area contributed by atoms with Gasteiger partial charge in [-0.1, -0.05) is 48.5 Å². The minimum absolute atomic E-state index is 0.648. The number of aromatic nitrogens is 1. The average Bonchev–Trinajstić information content (AvgIpc) is 2.90. The summed E-state index contributed by atoms with van der Waals surface area (Å²) >= 11 is 0. The van der Waals surface area contributed by atoms with E-state index in [1.807, 2.05) is 30.3 Å². The Kier molecular flexibility index (Phi) is 3.03. The Morgan fingerprint density at radius 2 is 1.74 bits per heavy atom. The zero-order valence-electron chi connectivity index (χ0n) is 12.5. The lowest BCUT2D eigenvalue weighted by Crippen LogP contribution is -2.04. The molecule has 0 amide bonds. The third-order valence-corrected chi connectivity index (χ3v) is 4.27. The molecular formula is C20H15N3. The highest BCUT2D eigenvalue weighted by Gasteiger charge is 2.09. The van der Waals surface area contributed by atoms with Gasteiger partial charge in [0.15, 0.2) is 0 Å². The first-order chi connectivity index (χ1) is 11.3. The highest BCUT2D eigenvalue weighted by molar-refractivity contribution is 5.88. The van der Waals surface area contributed by atoms with Gasteiger partial charge in [0.1, 0.15) is 5.82 Å². The van der Waals surface area contributed by atoms with Crippen molar-refractivity contribution in [2.75, 3.05) is 5.73 Å². The first-order valence-corrected chi connectivity index (χ1v) is 7.52. The van der Waals surface area contributed by atoms with Crippen LogP contribution in [0.4, 0.5) is 5.82 Å². The summed E-state index contributed by atoms with van der Waals surface area (Å²) in [7, 11) is 0. The third-order valence-electron chi connectivity index (χ3n) is 4.27. The number of nitrogen functional groups attached to an aromatic ring is 1. The maximum absolute atomic E-state index is 9.14.